The van der Waals surface area contributed by atoms with Crippen molar-refractivity contribution >= 4 is 22.7 Å². The normalized spacial score (nSPS) is 23.9. The van der Waals surface area contributed by atoms with Crippen molar-refractivity contribution in [2.75, 3.05) is 6.61 Å². The highest BCUT2D eigenvalue weighted by molar-refractivity contribution is 7.11. The number of rotatable bonds is 4. The summed E-state index contributed by atoms with van der Waals surface area (Å²) in [6, 6.07) is 9.44. The summed E-state index contributed by atoms with van der Waals surface area (Å²) in [6.45, 7) is 3.03. The summed E-state index contributed by atoms with van der Waals surface area (Å²) in [4.78, 5) is 2.77. The van der Waals surface area contributed by atoms with E-state index in [4.69, 9.17) is 4.74 Å². The average Bonchev–Trinajstić information content (AvgIpc) is 3.09. The van der Waals surface area contributed by atoms with Gasteiger partial charge in [0.05, 0.1) is 12.1 Å². The fraction of sp³-hybridized carbons (Fsp3) is 0.429. The molecule has 2 aromatic heterocycles. The topological polar surface area (TPSA) is 21.3 Å². The zero-order chi connectivity index (χ0) is 12.4. The lowest BCUT2D eigenvalue weighted by Gasteiger charge is -2.23. The molecule has 2 atom stereocenters. The minimum absolute atomic E-state index is 0.312. The molecule has 2 aromatic rings. The summed E-state index contributed by atoms with van der Waals surface area (Å²) in [5.74, 6) is 0. The van der Waals surface area contributed by atoms with Crippen LogP contribution in [0.25, 0.3) is 0 Å². The minimum Gasteiger partial charge on any atom is -0.377 e. The van der Waals surface area contributed by atoms with Gasteiger partial charge in [-0.25, -0.2) is 0 Å². The van der Waals surface area contributed by atoms with Crippen LogP contribution in [0, 0.1) is 0 Å². The molecule has 1 saturated heterocycles. The van der Waals surface area contributed by atoms with Crippen molar-refractivity contribution in [1.29, 1.82) is 0 Å². The van der Waals surface area contributed by atoms with Crippen molar-refractivity contribution in [2.45, 2.75) is 31.5 Å². The molecule has 1 fully saturated rings. The summed E-state index contributed by atoms with van der Waals surface area (Å²) < 4.78 is 5.65. The highest BCUT2D eigenvalue weighted by atomic mass is 32.1. The molecule has 3 heterocycles. The lowest BCUT2D eigenvalue weighted by atomic mass is 10.1. The molecule has 0 aliphatic carbocycles. The van der Waals surface area contributed by atoms with Gasteiger partial charge in [0.25, 0.3) is 0 Å². The molecule has 3 rings (SSSR count). The van der Waals surface area contributed by atoms with Gasteiger partial charge in [-0.05, 0) is 36.2 Å². The third-order valence-electron chi connectivity index (χ3n) is 3.41. The van der Waals surface area contributed by atoms with Gasteiger partial charge in [0, 0.05) is 22.4 Å². The number of nitrogens with one attached hydrogen (secondary N) is 1. The van der Waals surface area contributed by atoms with Gasteiger partial charge in [0.2, 0.25) is 0 Å². The largest absolute Gasteiger partial charge is 0.377 e. The van der Waals surface area contributed by atoms with E-state index < -0.39 is 0 Å². The van der Waals surface area contributed by atoms with E-state index in [9.17, 15) is 0 Å². The first-order chi connectivity index (χ1) is 8.84. The molecule has 0 spiro atoms. The van der Waals surface area contributed by atoms with E-state index in [0.717, 1.165) is 13.0 Å². The number of thiophene rings is 2. The summed E-state index contributed by atoms with van der Waals surface area (Å²) in [5.41, 5.74) is 0. The SMILES string of the molecule is CC1OCCC1NC(c1cccs1)c1cccs1. The highest BCUT2D eigenvalue weighted by Crippen LogP contribution is 2.31. The van der Waals surface area contributed by atoms with E-state index in [0.29, 0.717) is 18.2 Å². The Morgan fingerprint density at radius 2 is 1.89 bits per heavy atom. The Balaban J connectivity index is 1.82. The molecular formula is C14H17NOS2. The molecule has 4 heteroatoms. The van der Waals surface area contributed by atoms with E-state index >= 15 is 0 Å². The second-order valence-electron chi connectivity index (χ2n) is 4.60. The first kappa shape index (κ1) is 12.4. The van der Waals surface area contributed by atoms with Crippen LogP contribution in [0.1, 0.15) is 29.1 Å². The number of ether oxygens (including phenoxy) is 1. The van der Waals surface area contributed by atoms with Crippen molar-refractivity contribution in [2.24, 2.45) is 0 Å². The summed E-state index contributed by atoms with van der Waals surface area (Å²) in [5, 5.41) is 8.06. The Kier molecular flexibility index (Phi) is 3.80. The molecule has 1 aliphatic heterocycles. The Morgan fingerprint density at radius 3 is 2.33 bits per heavy atom. The second-order valence-corrected chi connectivity index (χ2v) is 6.56. The van der Waals surface area contributed by atoms with Gasteiger partial charge >= 0.3 is 0 Å². The maximum Gasteiger partial charge on any atom is 0.0767 e. The van der Waals surface area contributed by atoms with Crippen LogP contribution in [0.4, 0.5) is 0 Å². The van der Waals surface area contributed by atoms with Gasteiger partial charge in [-0.1, -0.05) is 12.1 Å². The standard InChI is InChI=1S/C14H17NOS2/c1-10-11(6-7-16-10)15-14(12-4-2-8-17-12)13-5-3-9-18-13/h2-5,8-11,14-15H,6-7H2,1H3. The molecule has 0 aromatic carbocycles. The molecular weight excluding hydrogens is 262 g/mol. The van der Waals surface area contributed by atoms with E-state index in [1.165, 1.54) is 9.75 Å². The molecule has 0 radical (unpaired) electrons. The van der Waals surface area contributed by atoms with E-state index in [-0.39, 0.29) is 0 Å². The highest BCUT2D eigenvalue weighted by Gasteiger charge is 2.28. The van der Waals surface area contributed by atoms with Crippen LogP contribution in [-0.4, -0.2) is 18.8 Å². The smallest absolute Gasteiger partial charge is 0.0767 e. The zero-order valence-corrected chi connectivity index (χ0v) is 12.0. The first-order valence-corrected chi connectivity index (χ1v) is 8.05. The molecule has 0 amide bonds. The molecule has 18 heavy (non-hydrogen) atoms. The quantitative estimate of drug-likeness (QED) is 0.922. The van der Waals surface area contributed by atoms with Crippen LogP contribution in [0.2, 0.25) is 0 Å². The molecule has 2 unspecified atom stereocenters. The number of hydrogen-bond acceptors (Lipinski definition) is 4. The maximum absolute atomic E-state index is 5.65. The van der Waals surface area contributed by atoms with E-state index in [2.05, 4.69) is 47.3 Å². The van der Waals surface area contributed by atoms with Crippen LogP contribution in [-0.2, 0) is 4.74 Å². The van der Waals surface area contributed by atoms with Crippen molar-refractivity contribution in [1.82, 2.24) is 5.32 Å². The van der Waals surface area contributed by atoms with Crippen molar-refractivity contribution in [3.05, 3.63) is 44.8 Å². The Labute approximate surface area is 116 Å². The molecule has 2 nitrogen and oxygen atoms in total. The van der Waals surface area contributed by atoms with Crippen LogP contribution in [0.5, 0.6) is 0 Å². The van der Waals surface area contributed by atoms with Gasteiger partial charge in [-0.15, -0.1) is 22.7 Å². The Hall–Kier alpha value is -0.680. The summed E-state index contributed by atoms with van der Waals surface area (Å²) in [7, 11) is 0. The molecule has 0 bridgehead atoms. The molecule has 1 aliphatic rings. The van der Waals surface area contributed by atoms with Crippen molar-refractivity contribution < 1.29 is 4.74 Å². The zero-order valence-electron chi connectivity index (χ0n) is 10.3. The van der Waals surface area contributed by atoms with Gasteiger partial charge in [-0.2, -0.15) is 0 Å². The monoisotopic (exact) mass is 279 g/mol. The summed E-state index contributed by atoms with van der Waals surface area (Å²) >= 11 is 3.63. The lowest BCUT2D eigenvalue weighted by Crippen LogP contribution is -2.37. The van der Waals surface area contributed by atoms with E-state index in [1.807, 2.05) is 22.7 Å². The van der Waals surface area contributed by atoms with Gasteiger partial charge in [-0.3, -0.25) is 5.32 Å². The first-order valence-electron chi connectivity index (χ1n) is 6.29. The van der Waals surface area contributed by atoms with Gasteiger partial charge in [0.1, 0.15) is 0 Å². The van der Waals surface area contributed by atoms with Gasteiger partial charge in [0.15, 0.2) is 0 Å². The predicted molar refractivity (Wildman–Crippen MR) is 77.4 cm³/mol. The third kappa shape index (κ3) is 2.52. The van der Waals surface area contributed by atoms with Crippen LogP contribution < -0.4 is 5.32 Å². The van der Waals surface area contributed by atoms with Gasteiger partial charge < -0.3 is 4.74 Å². The maximum atomic E-state index is 5.65. The predicted octanol–water partition coefficient (Wildman–Crippen LogP) is 3.67. The molecule has 0 saturated carbocycles. The lowest BCUT2D eigenvalue weighted by molar-refractivity contribution is 0.112. The van der Waals surface area contributed by atoms with Crippen molar-refractivity contribution in [3.8, 4) is 0 Å². The van der Waals surface area contributed by atoms with Crippen LogP contribution >= 0.6 is 22.7 Å². The molecule has 96 valence electrons. The van der Waals surface area contributed by atoms with Crippen LogP contribution in [0.15, 0.2) is 35.0 Å². The fourth-order valence-corrected chi connectivity index (χ4v) is 4.06. The minimum atomic E-state index is 0.312. The average molecular weight is 279 g/mol. The van der Waals surface area contributed by atoms with Crippen molar-refractivity contribution in [3.63, 3.8) is 0 Å². The Morgan fingerprint density at radius 1 is 1.22 bits per heavy atom. The second kappa shape index (κ2) is 5.53. The van der Waals surface area contributed by atoms with Crippen LogP contribution in [0.3, 0.4) is 0 Å². The summed E-state index contributed by atoms with van der Waals surface area (Å²) in [6.07, 6.45) is 1.42. The number of hydrogen-bond donors (Lipinski definition) is 1. The molecule has 1 N–H and O–H groups in total. The Bertz CT molecular complexity index is 432. The third-order valence-corrected chi connectivity index (χ3v) is 5.29. The fourth-order valence-electron chi connectivity index (χ4n) is 2.38. The van der Waals surface area contributed by atoms with E-state index in [1.54, 1.807) is 0 Å².